The van der Waals surface area contributed by atoms with Crippen molar-refractivity contribution in [2.24, 2.45) is 10.2 Å². The van der Waals surface area contributed by atoms with Crippen LogP contribution in [0.1, 0.15) is 48.1 Å². The minimum Gasteiger partial charge on any atom is -0.360 e. The molecule has 0 aliphatic carbocycles. The maximum atomic E-state index is 12.9. The molecular weight excluding hydrogens is 418 g/mol. The van der Waals surface area contributed by atoms with E-state index in [-0.39, 0.29) is 11.8 Å². The van der Waals surface area contributed by atoms with Crippen molar-refractivity contribution in [2.45, 2.75) is 44.6 Å². The third-order valence-corrected chi connectivity index (χ3v) is 3.73. The summed E-state index contributed by atoms with van der Waals surface area (Å²) in [5.41, 5.74) is -4.79. The van der Waals surface area contributed by atoms with Crippen molar-refractivity contribution in [1.82, 2.24) is 5.16 Å². The topological polar surface area (TPSA) is 91.6 Å². The van der Waals surface area contributed by atoms with E-state index in [0.29, 0.717) is 17.9 Å². The van der Waals surface area contributed by atoms with Gasteiger partial charge in [-0.15, -0.1) is 0 Å². The predicted octanol–water partition coefficient (Wildman–Crippen LogP) is 5.87. The average Bonchev–Trinajstić information content (AvgIpc) is 3.11. The molecule has 0 fully saturated rings. The lowest BCUT2D eigenvalue weighted by Gasteiger charge is -2.12. The van der Waals surface area contributed by atoms with E-state index in [4.69, 9.17) is 9.78 Å². The minimum absolute atomic E-state index is 0.0740. The highest BCUT2D eigenvalue weighted by molar-refractivity contribution is 6.00. The monoisotopic (exact) mass is 432 g/mol. The summed E-state index contributed by atoms with van der Waals surface area (Å²) in [4.78, 5) is 12.3. The summed E-state index contributed by atoms with van der Waals surface area (Å²) in [7, 11) is 0. The number of hydrogen-bond donors (Lipinski definition) is 0. The summed E-state index contributed by atoms with van der Waals surface area (Å²) in [5, 5.41) is 19.2. The highest BCUT2D eigenvalue weighted by atomic mass is 19.4. The number of rotatable bonds is 4. The number of nitrogens with zero attached hydrogens (tertiary/aromatic N) is 4. The Morgan fingerprint density at radius 1 is 1.03 bits per heavy atom. The van der Waals surface area contributed by atoms with Crippen molar-refractivity contribution in [1.29, 1.82) is 5.26 Å². The molecule has 0 aliphatic heterocycles. The van der Waals surface area contributed by atoms with Crippen LogP contribution < -0.4 is 0 Å². The molecule has 0 saturated heterocycles. The smallest absolute Gasteiger partial charge is 0.360 e. The van der Waals surface area contributed by atoms with Gasteiger partial charge in [0.15, 0.2) is 5.69 Å². The lowest BCUT2D eigenvalue weighted by molar-refractivity contribution is -0.143. The van der Waals surface area contributed by atoms with Crippen molar-refractivity contribution in [2.75, 3.05) is 0 Å². The van der Waals surface area contributed by atoms with Crippen LogP contribution in [0.15, 0.2) is 39.0 Å². The summed E-state index contributed by atoms with van der Waals surface area (Å²) < 4.78 is 82.3. The van der Waals surface area contributed by atoms with Crippen molar-refractivity contribution in [3.05, 3.63) is 46.8 Å². The van der Waals surface area contributed by atoms with Crippen LogP contribution >= 0.6 is 0 Å². The average molecular weight is 432 g/mol. The molecule has 0 amide bonds. The Hall–Kier alpha value is -3.23. The molecule has 30 heavy (non-hydrogen) atoms. The van der Waals surface area contributed by atoms with Gasteiger partial charge in [0, 0.05) is 11.5 Å². The van der Waals surface area contributed by atoms with Crippen molar-refractivity contribution in [3.63, 3.8) is 0 Å². The van der Waals surface area contributed by atoms with Gasteiger partial charge >= 0.3 is 12.4 Å². The van der Waals surface area contributed by atoms with E-state index >= 15 is 0 Å². The Morgan fingerprint density at radius 2 is 1.57 bits per heavy atom. The number of benzene rings is 1. The summed E-state index contributed by atoms with van der Waals surface area (Å²) in [6, 6.07) is 1.48. The number of azo groups is 1. The van der Waals surface area contributed by atoms with Gasteiger partial charge in [0.05, 0.1) is 16.8 Å². The molecule has 1 aromatic carbocycles. The Balaban J connectivity index is 2.37. The van der Waals surface area contributed by atoms with E-state index in [1.54, 1.807) is 20.8 Å². The third kappa shape index (κ3) is 5.43. The second kappa shape index (κ2) is 7.89. The van der Waals surface area contributed by atoms with Gasteiger partial charge in [0.25, 0.3) is 0 Å². The molecule has 0 spiro atoms. The lowest BCUT2D eigenvalue weighted by atomic mass is 9.93. The van der Waals surface area contributed by atoms with Gasteiger partial charge in [0.2, 0.25) is 11.8 Å². The largest absolute Gasteiger partial charge is 0.416 e. The number of ketones is 1. The van der Waals surface area contributed by atoms with Crippen LogP contribution in [0.5, 0.6) is 0 Å². The third-order valence-electron chi connectivity index (χ3n) is 3.73. The molecule has 1 aromatic heterocycles. The molecule has 12 heteroatoms. The summed E-state index contributed by atoms with van der Waals surface area (Å²) >= 11 is 0. The Kier molecular flexibility index (Phi) is 6.06. The van der Waals surface area contributed by atoms with E-state index in [9.17, 15) is 31.1 Å². The van der Waals surface area contributed by atoms with Crippen molar-refractivity contribution >= 4 is 11.5 Å². The van der Waals surface area contributed by atoms with Crippen LogP contribution in [0.25, 0.3) is 0 Å². The molecule has 0 saturated carbocycles. The van der Waals surface area contributed by atoms with Crippen molar-refractivity contribution < 1.29 is 35.7 Å². The maximum Gasteiger partial charge on any atom is 0.416 e. The molecule has 0 N–H and O–H groups in total. The quantitative estimate of drug-likeness (QED) is 0.343. The summed E-state index contributed by atoms with van der Waals surface area (Å²) in [5.74, 6) is -0.643. The normalized spacial score (nSPS) is 14.0. The number of carbonyl (C=O) groups excluding carboxylic acids is 1. The second-order valence-electron chi connectivity index (χ2n) is 7.20. The van der Waals surface area contributed by atoms with Gasteiger partial charge in [-0.3, -0.25) is 4.79 Å². The fourth-order valence-corrected chi connectivity index (χ4v) is 2.14. The predicted molar refractivity (Wildman–Crippen MR) is 89.9 cm³/mol. The Morgan fingerprint density at radius 3 is 1.97 bits per heavy atom. The number of aromatic nitrogens is 1. The van der Waals surface area contributed by atoms with Crippen LogP contribution in [-0.2, 0) is 17.8 Å². The molecule has 6 nitrogen and oxygen atoms in total. The lowest BCUT2D eigenvalue weighted by Crippen LogP contribution is -2.17. The van der Waals surface area contributed by atoms with Crippen LogP contribution in [-0.4, -0.2) is 17.0 Å². The van der Waals surface area contributed by atoms with Gasteiger partial charge in [-0.05, 0) is 18.2 Å². The first-order valence-electron chi connectivity index (χ1n) is 8.24. The van der Waals surface area contributed by atoms with Gasteiger partial charge in [0.1, 0.15) is 11.8 Å². The van der Waals surface area contributed by atoms with Crippen LogP contribution in [0.2, 0.25) is 0 Å². The molecule has 160 valence electrons. The highest BCUT2D eigenvalue weighted by Crippen LogP contribution is 2.38. The molecule has 1 heterocycles. The first kappa shape index (κ1) is 23.1. The summed E-state index contributed by atoms with van der Waals surface area (Å²) in [6.45, 7) is 5.32. The molecule has 1 unspecified atom stereocenters. The Bertz CT molecular complexity index is 977. The minimum atomic E-state index is -5.07. The van der Waals surface area contributed by atoms with E-state index < -0.39 is 46.4 Å². The molecule has 2 rings (SSSR count). The number of halogens is 6. The molecule has 0 aliphatic rings. The standard InChI is InChI=1S/C18H14F6N4O2/c1-16(2,3)14-7-12(28-30-14)15(29)13(8-25)27-26-11-5-9(17(19,20)21)4-10(6-11)18(22,23)24/h4-7,13H,1-3H3. The second-order valence-corrected chi connectivity index (χ2v) is 7.20. The fraction of sp³-hybridized carbons (Fsp3) is 0.389. The van der Waals surface area contributed by atoms with Crippen LogP contribution in [0.4, 0.5) is 32.0 Å². The molecular formula is C18H14F6N4O2. The SMILES string of the molecule is CC(C)(C)c1cc(C(=O)C(C#N)N=Nc2cc(C(F)(F)F)cc(C(F)(F)F)c2)no1. The van der Waals surface area contributed by atoms with E-state index in [1.165, 1.54) is 12.1 Å². The molecule has 2 aromatic rings. The zero-order chi connectivity index (χ0) is 22.9. The fourth-order valence-electron chi connectivity index (χ4n) is 2.14. The van der Waals surface area contributed by atoms with Crippen LogP contribution in [0.3, 0.4) is 0 Å². The van der Waals surface area contributed by atoms with Gasteiger partial charge in [-0.2, -0.15) is 41.8 Å². The maximum absolute atomic E-state index is 12.9. The number of alkyl halides is 6. The first-order valence-corrected chi connectivity index (χ1v) is 8.24. The van der Waals surface area contributed by atoms with E-state index in [1.807, 2.05) is 0 Å². The number of carbonyl (C=O) groups is 1. The number of hydrogen-bond acceptors (Lipinski definition) is 6. The molecule has 0 bridgehead atoms. The number of Topliss-reactive ketones (excluding diaryl/α,β-unsaturated/α-hetero) is 1. The van der Waals surface area contributed by atoms with Gasteiger partial charge in [-0.1, -0.05) is 25.9 Å². The number of nitriles is 1. The molecule has 0 radical (unpaired) electrons. The zero-order valence-electron chi connectivity index (χ0n) is 15.8. The van der Waals surface area contributed by atoms with E-state index in [0.717, 1.165) is 0 Å². The summed E-state index contributed by atoms with van der Waals surface area (Å²) in [6.07, 6.45) is -10.1. The van der Waals surface area contributed by atoms with Crippen LogP contribution in [0, 0.1) is 11.3 Å². The zero-order valence-corrected chi connectivity index (χ0v) is 15.8. The van der Waals surface area contributed by atoms with Gasteiger partial charge < -0.3 is 4.52 Å². The highest BCUT2D eigenvalue weighted by Gasteiger charge is 2.37. The van der Waals surface area contributed by atoms with Crippen molar-refractivity contribution in [3.8, 4) is 6.07 Å². The van der Waals surface area contributed by atoms with E-state index in [2.05, 4.69) is 15.4 Å². The molecule has 1 atom stereocenters. The van der Waals surface area contributed by atoms with Gasteiger partial charge in [-0.25, -0.2) is 0 Å². The Labute approximate surface area is 166 Å². The first-order chi connectivity index (χ1) is 13.6.